The van der Waals surface area contributed by atoms with Gasteiger partial charge in [0, 0.05) is 29.9 Å². The van der Waals surface area contributed by atoms with Crippen LogP contribution in [0.3, 0.4) is 0 Å². The van der Waals surface area contributed by atoms with E-state index in [1.54, 1.807) is 0 Å². The van der Waals surface area contributed by atoms with Crippen LogP contribution in [-0.4, -0.2) is 42.6 Å². The molecule has 1 saturated heterocycles. The minimum absolute atomic E-state index is 0.0235. The zero-order valence-electron chi connectivity index (χ0n) is 11.9. The van der Waals surface area contributed by atoms with Crippen LogP contribution in [-0.2, 0) is 4.74 Å². The highest BCUT2D eigenvalue weighted by Gasteiger charge is 2.18. The van der Waals surface area contributed by atoms with Gasteiger partial charge in [0.1, 0.15) is 0 Å². The van der Waals surface area contributed by atoms with E-state index in [0.29, 0.717) is 26.3 Å². The Morgan fingerprint density at radius 2 is 1.74 bits per heavy atom. The Morgan fingerprint density at radius 3 is 2.26 bits per heavy atom. The van der Waals surface area contributed by atoms with Gasteiger partial charge >= 0.3 is 0 Å². The summed E-state index contributed by atoms with van der Waals surface area (Å²) >= 11 is 0. The molecule has 19 heavy (non-hydrogen) atoms. The second-order valence-corrected chi connectivity index (χ2v) is 5.86. The summed E-state index contributed by atoms with van der Waals surface area (Å²) in [7, 11) is 0. The predicted octanol–water partition coefficient (Wildman–Crippen LogP) is 2.37. The van der Waals surface area contributed by atoms with Crippen molar-refractivity contribution in [2.45, 2.75) is 26.3 Å². The molecule has 0 aromatic heterocycles. The largest absolute Gasteiger partial charge is 0.380 e. The van der Waals surface area contributed by atoms with Crippen LogP contribution in [0.1, 0.15) is 31.1 Å². The molecule has 4 nitrogen and oxygen atoms in total. The van der Waals surface area contributed by atoms with Crippen molar-refractivity contribution in [1.82, 2.24) is 4.90 Å². The summed E-state index contributed by atoms with van der Waals surface area (Å²) in [4.78, 5) is 14.1. The van der Waals surface area contributed by atoms with Crippen LogP contribution >= 0.6 is 0 Å². The quantitative estimate of drug-likeness (QED) is 0.889. The van der Waals surface area contributed by atoms with Crippen molar-refractivity contribution in [3.63, 3.8) is 0 Å². The molecule has 0 saturated carbocycles. The SMILES string of the molecule is CC(C)(C)Nc1ccc(C(=O)N2CCOCC2)cc1. The average Bonchev–Trinajstić information content (AvgIpc) is 2.38. The molecule has 1 aromatic carbocycles. The van der Waals surface area contributed by atoms with Gasteiger partial charge in [-0.2, -0.15) is 0 Å². The first kappa shape index (κ1) is 13.9. The second-order valence-electron chi connectivity index (χ2n) is 5.86. The number of nitrogens with zero attached hydrogens (tertiary/aromatic N) is 1. The van der Waals surface area contributed by atoms with E-state index in [1.807, 2.05) is 29.2 Å². The van der Waals surface area contributed by atoms with Gasteiger partial charge in [0.25, 0.3) is 5.91 Å². The monoisotopic (exact) mass is 262 g/mol. The number of hydrogen-bond acceptors (Lipinski definition) is 3. The number of benzene rings is 1. The standard InChI is InChI=1S/C15H22N2O2/c1-15(2,3)16-13-6-4-12(5-7-13)14(18)17-8-10-19-11-9-17/h4-7,16H,8-11H2,1-3H3. The molecule has 1 heterocycles. The molecule has 0 bridgehead atoms. The summed E-state index contributed by atoms with van der Waals surface area (Å²) in [6.07, 6.45) is 0. The molecular weight excluding hydrogens is 240 g/mol. The third kappa shape index (κ3) is 3.96. The second kappa shape index (κ2) is 5.61. The number of carbonyl (C=O) groups is 1. The normalized spacial score (nSPS) is 16.3. The first-order chi connectivity index (χ1) is 8.96. The summed E-state index contributed by atoms with van der Waals surface area (Å²) in [6, 6.07) is 7.68. The van der Waals surface area contributed by atoms with Crippen molar-refractivity contribution in [3.05, 3.63) is 29.8 Å². The van der Waals surface area contributed by atoms with Gasteiger partial charge in [-0.25, -0.2) is 0 Å². The number of hydrogen-bond donors (Lipinski definition) is 1. The van der Waals surface area contributed by atoms with Gasteiger partial charge in [0.2, 0.25) is 0 Å². The van der Waals surface area contributed by atoms with Crippen LogP contribution in [0.5, 0.6) is 0 Å². The van der Waals surface area contributed by atoms with E-state index in [-0.39, 0.29) is 11.4 Å². The summed E-state index contributed by atoms with van der Waals surface area (Å²) in [5.41, 5.74) is 1.79. The van der Waals surface area contributed by atoms with Gasteiger partial charge in [0.15, 0.2) is 0 Å². The van der Waals surface area contributed by atoms with Gasteiger partial charge in [0.05, 0.1) is 13.2 Å². The Balaban J connectivity index is 2.03. The molecule has 0 spiro atoms. The Labute approximate surface area is 114 Å². The van der Waals surface area contributed by atoms with E-state index in [4.69, 9.17) is 4.74 Å². The zero-order valence-corrected chi connectivity index (χ0v) is 11.9. The van der Waals surface area contributed by atoms with E-state index in [9.17, 15) is 4.79 Å². The van der Waals surface area contributed by atoms with Crippen molar-refractivity contribution < 1.29 is 9.53 Å². The highest BCUT2D eigenvalue weighted by molar-refractivity contribution is 5.94. The molecule has 1 fully saturated rings. The number of morpholine rings is 1. The first-order valence-electron chi connectivity index (χ1n) is 6.71. The smallest absolute Gasteiger partial charge is 0.254 e. The van der Waals surface area contributed by atoms with E-state index >= 15 is 0 Å². The van der Waals surface area contributed by atoms with Gasteiger partial charge in [-0.3, -0.25) is 4.79 Å². The lowest BCUT2D eigenvalue weighted by molar-refractivity contribution is 0.0303. The van der Waals surface area contributed by atoms with Crippen LogP contribution in [0.15, 0.2) is 24.3 Å². The van der Waals surface area contributed by atoms with Gasteiger partial charge in [-0.15, -0.1) is 0 Å². The van der Waals surface area contributed by atoms with E-state index in [0.717, 1.165) is 11.3 Å². The molecule has 1 aliphatic heterocycles. The molecule has 2 rings (SSSR count). The highest BCUT2D eigenvalue weighted by Crippen LogP contribution is 2.16. The lowest BCUT2D eigenvalue weighted by Crippen LogP contribution is -2.40. The molecule has 1 aliphatic rings. The number of ether oxygens (including phenoxy) is 1. The molecule has 1 N–H and O–H groups in total. The van der Waals surface area contributed by atoms with Crippen LogP contribution in [0.2, 0.25) is 0 Å². The van der Waals surface area contributed by atoms with E-state index in [2.05, 4.69) is 26.1 Å². The van der Waals surface area contributed by atoms with Crippen LogP contribution in [0.25, 0.3) is 0 Å². The molecule has 104 valence electrons. The van der Waals surface area contributed by atoms with Crippen LogP contribution in [0, 0.1) is 0 Å². The minimum atomic E-state index is 0.0235. The average molecular weight is 262 g/mol. The van der Waals surface area contributed by atoms with Crippen LogP contribution in [0.4, 0.5) is 5.69 Å². The van der Waals surface area contributed by atoms with Crippen molar-refractivity contribution in [3.8, 4) is 0 Å². The lowest BCUT2D eigenvalue weighted by Gasteiger charge is -2.27. The minimum Gasteiger partial charge on any atom is -0.380 e. The Kier molecular flexibility index (Phi) is 4.10. The van der Waals surface area contributed by atoms with Crippen molar-refractivity contribution in [2.75, 3.05) is 31.6 Å². The van der Waals surface area contributed by atoms with Crippen LogP contribution < -0.4 is 5.32 Å². The molecule has 1 amide bonds. The maximum absolute atomic E-state index is 12.2. The lowest BCUT2D eigenvalue weighted by atomic mass is 10.1. The Bertz CT molecular complexity index is 428. The molecule has 0 atom stereocenters. The van der Waals surface area contributed by atoms with Crippen molar-refractivity contribution in [1.29, 1.82) is 0 Å². The van der Waals surface area contributed by atoms with Gasteiger partial charge in [-0.05, 0) is 45.0 Å². The number of anilines is 1. The Morgan fingerprint density at radius 1 is 1.16 bits per heavy atom. The summed E-state index contributed by atoms with van der Waals surface area (Å²) in [6.45, 7) is 8.96. The predicted molar refractivity (Wildman–Crippen MR) is 76.5 cm³/mol. The molecule has 4 heteroatoms. The van der Waals surface area contributed by atoms with E-state index in [1.165, 1.54) is 0 Å². The number of amides is 1. The van der Waals surface area contributed by atoms with Gasteiger partial charge in [-0.1, -0.05) is 0 Å². The van der Waals surface area contributed by atoms with E-state index < -0.39 is 0 Å². The molecule has 1 aromatic rings. The van der Waals surface area contributed by atoms with Crippen molar-refractivity contribution in [2.24, 2.45) is 0 Å². The molecular formula is C15H22N2O2. The van der Waals surface area contributed by atoms with Crippen molar-refractivity contribution >= 4 is 11.6 Å². The maximum Gasteiger partial charge on any atom is 0.254 e. The number of nitrogens with one attached hydrogen (secondary N) is 1. The molecule has 0 aliphatic carbocycles. The Hall–Kier alpha value is -1.55. The topological polar surface area (TPSA) is 41.6 Å². The number of rotatable bonds is 2. The molecule has 0 unspecified atom stereocenters. The fourth-order valence-corrected chi connectivity index (χ4v) is 2.08. The molecule has 0 radical (unpaired) electrons. The fourth-order valence-electron chi connectivity index (χ4n) is 2.08. The van der Waals surface area contributed by atoms with Gasteiger partial charge < -0.3 is 15.0 Å². The summed E-state index contributed by atoms with van der Waals surface area (Å²) in [5.74, 6) is 0.0885. The first-order valence-corrected chi connectivity index (χ1v) is 6.71. The third-order valence-electron chi connectivity index (χ3n) is 2.95. The zero-order chi connectivity index (χ0) is 13.9. The highest BCUT2D eigenvalue weighted by atomic mass is 16.5. The fraction of sp³-hybridized carbons (Fsp3) is 0.533. The summed E-state index contributed by atoms with van der Waals surface area (Å²) in [5, 5.41) is 3.38. The summed E-state index contributed by atoms with van der Waals surface area (Å²) < 4.78 is 5.26. The number of carbonyl (C=O) groups excluding carboxylic acids is 1. The third-order valence-corrected chi connectivity index (χ3v) is 2.95. The maximum atomic E-state index is 12.2.